The van der Waals surface area contributed by atoms with Crippen molar-refractivity contribution >= 4 is 0 Å². The molecule has 0 aromatic rings. The summed E-state index contributed by atoms with van der Waals surface area (Å²) in [5.74, 6) is 1.57. The lowest BCUT2D eigenvalue weighted by Crippen LogP contribution is -2.46. The smallest absolute Gasteiger partial charge is 0.0510 e. The Kier molecular flexibility index (Phi) is 4.62. The first kappa shape index (κ1) is 12.3. The lowest BCUT2D eigenvalue weighted by atomic mass is 9.97. The molecule has 3 heteroatoms. The maximum absolute atomic E-state index is 5.97. The number of nitrogens with zero attached hydrogens (tertiary/aromatic N) is 1. The summed E-state index contributed by atoms with van der Waals surface area (Å²) in [4.78, 5) is 2.63. The van der Waals surface area contributed by atoms with Crippen molar-refractivity contribution < 1.29 is 4.74 Å². The van der Waals surface area contributed by atoms with Crippen molar-refractivity contribution in [3.05, 3.63) is 0 Å². The summed E-state index contributed by atoms with van der Waals surface area (Å²) in [6.45, 7) is 7.50. The second-order valence-corrected chi connectivity index (χ2v) is 5.50. The van der Waals surface area contributed by atoms with Gasteiger partial charge < -0.3 is 10.5 Å². The molecule has 3 nitrogen and oxygen atoms in total. The predicted octanol–water partition coefficient (Wildman–Crippen LogP) is 1.47. The van der Waals surface area contributed by atoms with Gasteiger partial charge in [-0.2, -0.15) is 0 Å². The van der Waals surface area contributed by atoms with Crippen LogP contribution in [0.2, 0.25) is 0 Å². The van der Waals surface area contributed by atoms with Gasteiger partial charge in [0.2, 0.25) is 0 Å². The van der Waals surface area contributed by atoms with E-state index in [1.807, 2.05) is 0 Å². The lowest BCUT2D eigenvalue weighted by Gasteiger charge is -2.33. The Labute approximate surface area is 99.3 Å². The highest BCUT2D eigenvalue weighted by atomic mass is 16.5. The Hall–Kier alpha value is -0.120. The monoisotopic (exact) mass is 226 g/mol. The molecule has 0 spiro atoms. The zero-order chi connectivity index (χ0) is 11.4. The Morgan fingerprint density at radius 1 is 1.31 bits per heavy atom. The summed E-state index contributed by atoms with van der Waals surface area (Å²) in [5, 5.41) is 0. The van der Waals surface area contributed by atoms with Crippen LogP contribution < -0.4 is 5.73 Å². The molecular formula is C13H26N2O. The molecule has 2 N–H and O–H groups in total. The maximum atomic E-state index is 5.97. The van der Waals surface area contributed by atoms with Gasteiger partial charge in [0.05, 0.1) is 6.61 Å². The van der Waals surface area contributed by atoms with E-state index in [1.54, 1.807) is 0 Å². The highest BCUT2D eigenvalue weighted by Crippen LogP contribution is 2.24. The van der Waals surface area contributed by atoms with Crippen LogP contribution in [0.4, 0.5) is 0 Å². The molecule has 2 heterocycles. The molecule has 2 aliphatic rings. The van der Waals surface area contributed by atoms with Crippen molar-refractivity contribution in [3.8, 4) is 0 Å². The minimum absolute atomic E-state index is 0.563. The van der Waals surface area contributed by atoms with Gasteiger partial charge >= 0.3 is 0 Å². The fourth-order valence-electron chi connectivity index (χ4n) is 3.11. The number of hydrogen-bond acceptors (Lipinski definition) is 3. The van der Waals surface area contributed by atoms with Crippen LogP contribution in [0.3, 0.4) is 0 Å². The van der Waals surface area contributed by atoms with Crippen LogP contribution in [-0.2, 0) is 4.74 Å². The maximum Gasteiger partial charge on any atom is 0.0510 e. The van der Waals surface area contributed by atoms with Crippen molar-refractivity contribution in [2.24, 2.45) is 17.6 Å². The van der Waals surface area contributed by atoms with E-state index in [1.165, 1.54) is 38.8 Å². The van der Waals surface area contributed by atoms with E-state index in [2.05, 4.69) is 11.8 Å². The van der Waals surface area contributed by atoms with E-state index in [0.29, 0.717) is 12.0 Å². The molecule has 2 aliphatic heterocycles. The number of ether oxygens (including phenoxy) is 1. The van der Waals surface area contributed by atoms with E-state index in [4.69, 9.17) is 10.5 Å². The third-order valence-electron chi connectivity index (χ3n) is 4.27. The molecule has 3 atom stereocenters. The summed E-state index contributed by atoms with van der Waals surface area (Å²) in [6.07, 6.45) is 5.26. The van der Waals surface area contributed by atoms with Crippen molar-refractivity contribution in [3.63, 3.8) is 0 Å². The molecule has 0 amide bonds. The molecule has 0 radical (unpaired) electrons. The zero-order valence-corrected chi connectivity index (χ0v) is 10.5. The van der Waals surface area contributed by atoms with Crippen LogP contribution in [0.25, 0.3) is 0 Å². The normalized spacial score (nSPS) is 34.9. The van der Waals surface area contributed by atoms with Crippen molar-refractivity contribution in [1.82, 2.24) is 4.90 Å². The fourth-order valence-corrected chi connectivity index (χ4v) is 3.11. The fraction of sp³-hybridized carbons (Fsp3) is 1.00. The van der Waals surface area contributed by atoms with Crippen LogP contribution in [-0.4, -0.2) is 43.8 Å². The van der Waals surface area contributed by atoms with Gasteiger partial charge in [-0.25, -0.2) is 0 Å². The molecule has 3 unspecified atom stereocenters. The summed E-state index contributed by atoms with van der Waals surface area (Å²) < 4.78 is 5.50. The van der Waals surface area contributed by atoms with Crippen molar-refractivity contribution in [2.75, 3.05) is 32.8 Å². The van der Waals surface area contributed by atoms with Crippen molar-refractivity contribution in [1.29, 1.82) is 0 Å². The van der Waals surface area contributed by atoms with Crippen molar-refractivity contribution in [2.45, 2.75) is 38.6 Å². The molecule has 0 bridgehead atoms. The first-order chi connectivity index (χ1) is 7.81. The van der Waals surface area contributed by atoms with Gasteiger partial charge in [0, 0.05) is 25.1 Å². The van der Waals surface area contributed by atoms with E-state index >= 15 is 0 Å². The first-order valence-electron chi connectivity index (χ1n) is 6.83. The SMILES string of the molecule is CC1CCCN(C(CN)C2CCOC2)CC1. The summed E-state index contributed by atoms with van der Waals surface area (Å²) in [5.41, 5.74) is 5.97. The molecule has 2 saturated heterocycles. The predicted molar refractivity (Wildman–Crippen MR) is 66.4 cm³/mol. The molecule has 0 aromatic carbocycles. The Bertz CT molecular complexity index is 204. The average Bonchev–Trinajstić information content (AvgIpc) is 2.71. The molecule has 2 rings (SSSR count). The summed E-state index contributed by atoms with van der Waals surface area (Å²) in [7, 11) is 0. The number of nitrogens with two attached hydrogens (primary N) is 1. The quantitative estimate of drug-likeness (QED) is 0.792. The lowest BCUT2D eigenvalue weighted by molar-refractivity contribution is 0.124. The Balaban J connectivity index is 1.91. The van der Waals surface area contributed by atoms with E-state index in [9.17, 15) is 0 Å². The molecule has 94 valence electrons. The van der Waals surface area contributed by atoms with Crippen LogP contribution in [0.15, 0.2) is 0 Å². The van der Waals surface area contributed by atoms with Gasteiger partial charge in [0.25, 0.3) is 0 Å². The van der Waals surface area contributed by atoms with Gasteiger partial charge in [-0.15, -0.1) is 0 Å². The van der Waals surface area contributed by atoms with Crippen LogP contribution in [0.1, 0.15) is 32.6 Å². The molecule has 2 fully saturated rings. The average molecular weight is 226 g/mol. The molecule has 0 aliphatic carbocycles. The summed E-state index contributed by atoms with van der Waals surface area (Å²) >= 11 is 0. The first-order valence-corrected chi connectivity index (χ1v) is 6.83. The second-order valence-electron chi connectivity index (χ2n) is 5.50. The Morgan fingerprint density at radius 3 is 2.88 bits per heavy atom. The van der Waals surface area contributed by atoms with Gasteiger partial charge in [-0.1, -0.05) is 6.92 Å². The molecule has 16 heavy (non-hydrogen) atoms. The van der Waals surface area contributed by atoms with Gasteiger partial charge in [-0.05, 0) is 44.7 Å². The standard InChI is InChI=1S/C13H26N2O/c1-11-3-2-6-15(7-4-11)13(9-14)12-5-8-16-10-12/h11-13H,2-10,14H2,1H3. The van der Waals surface area contributed by atoms with Crippen LogP contribution >= 0.6 is 0 Å². The minimum Gasteiger partial charge on any atom is -0.381 e. The number of rotatable bonds is 3. The van der Waals surface area contributed by atoms with Gasteiger partial charge in [-0.3, -0.25) is 4.90 Å². The molecule has 0 aromatic heterocycles. The van der Waals surface area contributed by atoms with Crippen LogP contribution in [0, 0.1) is 11.8 Å². The highest BCUT2D eigenvalue weighted by Gasteiger charge is 2.30. The van der Waals surface area contributed by atoms with Gasteiger partial charge in [0.1, 0.15) is 0 Å². The van der Waals surface area contributed by atoms with Gasteiger partial charge in [0.15, 0.2) is 0 Å². The van der Waals surface area contributed by atoms with E-state index < -0.39 is 0 Å². The molecular weight excluding hydrogens is 200 g/mol. The van der Waals surface area contributed by atoms with E-state index in [-0.39, 0.29) is 0 Å². The largest absolute Gasteiger partial charge is 0.381 e. The third-order valence-corrected chi connectivity index (χ3v) is 4.27. The molecule has 0 saturated carbocycles. The Morgan fingerprint density at radius 2 is 2.19 bits per heavy atom. The number of likely N-dealkylation sites (tertiary alicyclic amines) is 1. The van der Waals surface area contributed by atoms with Crippen LogP contribution in [0.5, 0.6) is 0 Å². The summed E-state index contributed by atoms with van der Waals surface area (Å²) in [6, 6.07) is 0.563. The second kappa shape index (κ2) is 5.99. The van der Waals surface area contributed by atoms with E-state index in [0.717, 1.165) is 25.7 Å². The highest BCUT2D eigenvalue weighted by molar-refractivity contribution is 4.84. The topological polar surface area (TPSA) is 38.5 Å². The minimum atomic E-state index is 0.563. The number of hydrogen-bond donors (Lipinski definition) is 1. The third kappa shape index (κ3) is 2.96. The zero-order valence-electron chi connectivity index (χ0n) is 10.5.